The summed E-state index contributed by atoms with van der Waals surface area (Å²) >= 11 is 0. The highest BCUT2D eigenvalue weighted by atomic mass is 19.1. The predicted octanol–water partition coefficient (Wildman–Crippen LogP) is 11.2. The van der Waals surface area contributed by atoms with Crippen molar-refractivity contribution in [1.82, 2.24) is 29.6 Å². The summed E-state index contributed by atoms with van der Waals surface area (Å²) in [5.41, 5.74) is 5.93. The van der Waals surface area contributed by atoms with Crippen molar-refractivity contribution >= 4 is 47.5 Å². The summed E-state index contributed by atoms with van der Waals surface area (Å²) < 4.78 is 17.9. The Bertz CT molecular complexity index is 2310. The summed E-state index contributed by atoms with van der Waals surface area (Å²) in [5.74, 6) is 0.795. The molecule has 2 saturated carbocycles. The average Bonchev–Trinajstić information content (AvgIpc) is 3.80. The van der Waals surface area contributed by atoms with E-state index in [1.807, 2.05) is 30.8 Å². The molecule has 1 spiro atoms. The molecule has 0 bridgehead atoms. The zero-order valence-electron chi connectivity index (χ0n) is 40.1. The second-order valence-electron chi connectivity index (χ2n) is 21.2. The fraction of sp³-hybridized carbons (Fsp3) is 0.623. The smallest absolute Gasteiger partial charge is 0.251 e. The number of piperidine rings is 2. The van der Waals surface area contributed by atoms with Crippen LogP contribution in [-0.2, 0) is 10.2 Å². The number of fused-ring (bicyclic) bond motifs is 3. The minimum absolute atomic E-state index is 0.0622. The van der Waals surface area contributed by atoms with Crippen LogP contribution in [0.2, 0.25) is 5.82 Å². The van der Waals surface area contributed by atoms with Crippen LogP contribution in [0.25, 0.3) is 22.3 Å². The lowest BCUT2D eigenvalue weighted by Crippen LogP contribution is -2.58. The van der Waals surface area contributed by atoms with Crippen molar-refractivity contribution in [3.05, 3.63) is 65.2 Å². The summed E-state index contributed by atoms with van der Waals surface area (Å²) in [7, 11) is 1.16. The molecule has 2 aliphatic carbocycles. The van der Waals surface area contributed by atoms with Gasteiger partial charge in [0.25, 0.3) is 5.91 Å². The highest BCUT2D eigenvalue weighted by molar-refractivity contribution is 6.34. The van der Waals surface area contributed by atoms with E-state index in [0.717, 1.165) is 74.3 Å². The SMILES string of the molecule is Cc1cc(F)c(Nc2nc(-c3ccc4c(c3)N(C3CC(N5CCCCC5)C3)C(=O)C43CCN(BC4CCCCCCCCCCC4)CC3)cc3ncn(C(C)C)c23)cc1C(=O)NC(C)C. The number of nitrogens with zero attached hydrogens (tertiary/aromatic N) is 6. The molecule has 2 N–H and O–H groups in total. The van der Waals surface area contributed by atoms with Gasteiger partial charge in [-0.25, -0.2) is 14.4 Å². The molecule has 2 aromatic heterocycles. The molecule has 0 unspecified atom stereocenters. The van der Waals surface area contributed by atoms with Gasteiger partial charge in [-0.1, -0.05) is 95.0 Å². The van der Waals surface area contributed by atoms with Crippen LogP contribution in [0, 0.1) is 12.7 Å². The number of benzene rings is 2. The third-order valence-corrected chi connectivity index (χ3v) is 15.8. The lowest BCUT2D eigenvalue weighted by molar-refractivity contribution is -0.125. The summed E-state index contributed by atoms with van der Waals surface area (Å²) in [6.45, 7) is 14.0. The maximum absolute atomic E-state index is 15.9. The second kappa shape index (κ2) is 19.9. The maximum atomic E-state index is 15.9. The molecule has 5 aliphatic rings. The molecule has 9 rings (SSSR count). The van der Waals surface area contributed by atoms with Gasteiger partial charge in [-0.2, -0.15) is 0 Å². The third kappa shape index (κ3) is 9.63. The van der Waals surface area contributed by atoms with Crippen molar-refractivity contribution < 1.29 is 14.0 Å². The van der Waals surface area contributed by atoms with Gasteiger partial charge in [-0.3, -0.25) is 9.59 Å². The third-order valence-electron chi connectivity index (χ3n) is 15.8. The molecule has 2 amide bonds. The van der Waals surface area contributed by atoms with Gasteiger partial charge in [0.05, 0.1) is 28.6 Å². The molecule has 65 heavy (non-hydrogen) atoms. The van der Waals surface area contributed by atoms with E-state index in [-0.39, 0.29) is 29.7 Å². The van der Waals surface area contributed by atoms with Crippen LogP contribution in [0.3, 0.4) is 0 Å². The molecule has 0 atom stereocenters. The van der Waals surface area contributed by atoms with E-state index < -0.39 is 11.2 Å². The van der Waals surface area contributed by atoms with Crippen molar-refractivity contribution in [1.29, 1.82) is 0 Å². The number of likely N-dealkylation sites (tertiary alicyclic amines) is 1. The van der Waals surface area contributed by atoms with Crippen LogP contribution in [0.1, 0.15) is 171 Å². The highest BCUT2D eigenvalue weighted by Crippen LogP contribution is 2.52. The fourth-order valence-corrected chi connectivity index (χ4v) is 12.0. The Hall–Kier alpha value is -4.29. The summed E-state index contributed by atoms with van der Waals surface area (Å²) in [6.07, 6.45) is 24.5. The number of imidazole rings is 1. The number of carbonyl (C=O) groups excluding carboxylic acids is 2. The number of rotatable bonds is 10. The first-order valence-corrected chi connectivity index (χ1v) is 25.7. The summed E-state index contributed by atoms with van der Waals surface area (Å²) in [6, 6.07) is 12.3. The summed E-state index contributed by atoms with van der Waals surface area (Å²) in [5, 5.41) is 6.27. The number of aryl methyl sites for hydroxylation is 1. The fourth-order valence-electron chi connectivity index (χ4n) is 12.0. The first-order chi connectivity index (χ1) is 31.5. The molecule has 2 aromatic carbocycles. The number of carbonyl (C=O) groups is 2. The van der Waals surface area contributed by atoms with Gasteiger partial charge in [0, 0.05) is 41.0 Å². The molecular weight excluding hydrogens is 810 g/mol. The molecule has 4 aromatic rings. The lowest BCUT2D eigenvalue weighted by atomic mass is 9.65. The average molecular weight is 885 g/mol. The van der Waals surface area contributed by atoms with Crippen molar-refractivity contribution in [3.63, 3.8) is 0 Å². The van der Waals surface area contributed by atoms with E-state index in [9.17, 15) is 4.79 Å². The molecule has 2 saturated heterocycles. The van der Waals surface area contributed by atoms with Crippen molar-refractivity contribution in [2.75, 3.05) is 36.4 Å². The van der Waals surface area contributed by atoms with Crippen molar-refractivity contribution in [3.8, 4) is 11.3 Å². The van der Waals surface area contributed by atoms with E-state index in [0.29, 0.717) is 34.6 Å². The topological polar surface area (TPSA) is 98.6 Å². The lowest BCUT2D eigenvalue weighted by Gasteiger charge is -2.48. The Morgan fingerprint density at radius 1 is 0.831 bits per heavy atom. The van der Waals surface area contributed by atoms with Gasteiger partial charge >= 0.3 is 0 Å². The standard InChI is InChI=1S/C53H74BFN8O2/c1-35(2)57-51(64)42-32-46(44(55)28-37(42)5)59-50-49-47(56-34-62(49)36(3)4)33-45(58-50)38-20-21-43-48(29-38)63(41-30-40(31-41)60-24-16-13-17-25-60)52(65)53(43)22-26-61(27-23-53)54-39-18-14-11-9-7-6-8-10-12-15-19-39/h20-21,28-29,32-36,39-41,54H,6-19,22-27,30-31H2,1-5H3,(H,57,64)(H,58,59). The molecule has 12 heteroatoms. The number of halogens is 1. The Morgan fingerprint density at radius 2 is 1.49 bits per heavy atom. The van der Waals surface area contributed by atoms with Gasteiger partial charge in [0.1, 0.15) is 11.3 Å². The zero-order valence-corrected chi connectivity index (χ0v) is 40.1. The number of nitrogens with one attached hydrogen (secondary N) is 2. The highest BCUT2D eigenvalue weighted by Gasteiger charge is 2.55. The minimum atomic E-state index is -0.518. The van der Waals surface area contributed by atoms with E-state index >= 15 is 9.18 Å². The molecule has 4 fully saturated rings. The van der Waals surface area contributed by atoms with Crippen LogP contribution < -0.4 is 15.5 Å². The summed E-state index contributed by atoms with van der Waals surface area (Å²) in [4.78, 5) is 46.2. The van der Waals surface area contributed by atoms with E-state index in [4.69, 9.17) is 9.97 Å². The largest absolute Gasteiger partial charge is 0.350 e. The Kier molecular flexibility index (Phi) is 14.0. The van der Waals surface area contributed by atoms with Gasteiger partial charge in [-0.05, 0) is 135 Å². The molecule has 10 nitrogen and oxygen atoms in total. The van der Waals surface area contributed by atoms with Gasteiger partial charge in [-0.15, -0.1) is 0 Å². The van der Waals surface area contributed by atoms with Crippen LogP contribution >= 0.6 is 0 Å². The van der Waals surface area contributed by atoms with E-state index in [1.54, 1.807) is 13.0 Å². The molecule has 348 valence electrons. The van der Waals surface area contributed by atoms with E-state index in [1.165, 1.54) is 115 Å². The second-order valence-corrected chi connectivity index (χ2v) is 21.2. The van der Waals surface area contributed by atoms with Crippen LogP contribution in [0.4, 0.5) is 21.6 Å². The molecule has 3 aliphatic heterocycles. The first kappa shape index (κ1) is 45.9. The Morgan fingerprint density at radius 3 is 2.15 bits per heavy atom. The normalized spacial score (nSPS) is 22.8. The van der Waals surface area contributed by atoms with Crippen LogP contribution in [0.5, 0.6) is 0 Å². The molecular formula is C53H74BFN8O2. The molecule has 0 radical (unpaired) electrons. The Balaban J connectivity index is 1.03. The zero-order chi connectivity index (χ0) is 45.2. The van der Waals surface area contributed by atoms with E-state index in [2.05, 4.69) is 57.3 Å². The monoisotopic (exact) mass is 885 g/mol. The maximum Gasteiger partial charge on any atom is 0.251 e. The number of hydrogen-bond donors (Lipinski definition) is 2. The molecule has 5 heterocycles. The van der Waals surface area contributed by atoms with Gasteiger partial charge in [0.2, 0.25) is 13.3 Å². The van der Waals surface area contributed by atoms with Crippen molar-refractivity contribution in [2.45, 2.75) is 186 Å². The first-order valence-electron chi connectivity index (χ1n) is 25.7. The van der Waals surface area contributed by atoms with Gasteiger partial charge in [0.15, 0.2) is 5.82 Å². The van der Waals surface area contributed by atoms with Crippen LogP contribution in [-0.4, -0.2) is 87.8 Å². The number of pyridine rings is 1. The van der Waals surface area contributed by atoms with Gasteiger partial charge < -0.3 is 29.8 Å². The number of aromatic nitrogens is 3. The predicted molar refractivity (Wildman–Crippen MR) is 264 cm³/mol. The quantitative estimate of drug-likeness (QED) is 0.153. The number of amides is 2. The van der Waals surface area contributed by atoms with Crippen LogP contribution in [0.15, 0.2) is 42.7 Å². The minimum Gasteiger partial charge on any atom is -0.350 e. The number of hydrogen-bond acceptors (Lipinski definition) is 7. The van der Waals surface area contributed by atoms with Crippen molar-refractivity contribution in [2.24, 2.45) is 0 Å². The Labute approximate surface area is 388 Å². The number of anilines is 3.